The van der Waals surface area contributed by atoms with Gasteiger partial charge in [-0.2, -0.15) is 0 Å². The van der Waals surface area contributed by atoms with E-state index < -0.39 is 18.5 Å². The van der Waals surface area contributed by atoms with E-state index in [1.807, 2.05) is 18.2 Å². The number of hydrogen-bond acceptors (Lipinski definition) is 5. The van der Waals surface area contributed by atoms with Gasteiger partial charge in [-0.15, -0.1) is 0 Å². The van der Waals surface area contributed by atoms with E-state index in [1.54, 1.807) is 30.3 Å². The third kappa shape index (κ3) is 5.37. The Hall–Kier alpha value is -3.49. The number of anilines is 2. The molecule has 1 aliphatic carbocycles. The lowest BCUT2D eigenvalue weighted by molar-refractivity contribution is -0.122. The Bertz CT molecular complexity index is 1400. The van der Waals surface area contributed by atoms with Crippen LogP contribution in [-0.4, -0.2) is 30.3 Å². The number of esters is 1. The largest absolute Gasteiger partial charge is 0.452 e. The summed E-state index contributed by atoms with van der Waals surface area (Å²) in [6.45, 7) is -0.483. The molecule has 0 aromatic heterocycles. The van der Waals surface area contributed by atoms with Gasteiger partial charge in [0.2, 0.25) is 11.8 Å². The maximum atomic E-state index is 13.3. The number of carbonyl (C=O) groups is 4. The topological polar surface area (TPSA) is 92.8 Å². The van der Waals surface area contributed by atoms with Crippen LogP contribution in [0.3, 0.4) is 0 Å². The molecule has 2 fully saturated rings. The van der Waals surface area contributed by atoms with E-state index in [2.05, 4.69) is 33.4 Å². The summed E-state index contributed by atoms with van der Waals surface area (Å²) in [5, 5.41) is 3.04. The van der Waals surface area contributed by atoms with Crippen LogP contribution in [0.25, 0.3) is 0 Å². The van der Waals surface area contributed by atoms with Gasteiger partial charge >= 0.3 is 5.97 Å². The monoisotopic (exact) mass is 594 g/mol. The molecule has 1 aliphatic heterocycles. The number of nitrogens with zero attached hydrogens (tertiary/aromatic N) is 1. The molecule has 0 unspecified atom stereocenters. The molecule has 2 aliphatic rings. The van der Waals surface area contributed by atoms with Crippen molar-refractivity contribution in [1.29, 1.82) is 0 Å². The number of benzene rings is 3. The van der Waals surface area contributed by atoms with E-state index in [0.29, 0.717) is 33.7 Å². The number of imide groups is 1. The van der Waals surface area contributed by atoms with Gasteiger partial charge in [0.05, 0.1) is 28.1 Å². The zero-order valence-electron chi connectivity index (χ0n) is 20.2. The molecule has 1 saturated carbocycles. The Morgan fingerprint density at radius 1 is 0.947 bits per heavy atom. The van der Waals surface area contributed by atoms with E-state index in [-0.39, 0.29) is 35.1 Å². The minimum absolute atomic E-state index is 0.188. The van der Waals surface area contributed by atoms with Crippen molar-refractivity contribution in [2.45, 2.75) is 25.2 Å². The second kappa shape index (κ2) is 11.1. The first-order chi connectivity index (χ1) is 18.3. The van der Waals surface area contributed by atoms with Crippen molar-refractivity contribution in [2.75, 3.05) is 16.8 Å². The first-order valence-electron chi connectivity index (χ1n) is 12.3. The minimum atomic E-state index is -0.695. The van der Waals surface area contributed by atoms with Crippen molar-refractivity contribution >= 4 is 62.6 Å². The molecule has 194 valence electrons. The van der Waals surface area contributed by atoms with E-state index >= 15 is 0 Å². The van der Waals surface area contributed by atoms with Crippen LogP contribution < -0.4 is 10.2 Å². The van der Waals surface area contributed by atoms with Crippen LogP contribution >= 0.6 is 27.5 Å². The number of nitrogens with one attached hydrogen (secondary N) is 1. The second-order valence-electron chi connectivity index (χ2n) is 9.45. The Kier molecular flexibility index (Phi) is 7.63. The van der Waals surface area contributed by atoms with E-state index in [1.165, 1.54) is 22.6 Å². The van der Waals surface area contributed by atoms with E-state index in [0.717, 1.165) is 6.42 Å². The van der Waals surface area contributed by atoms with Gasteiger partial charge in [-0.3, -0.25) is 19.3 Å². The first kappa shape index (κ1) is 26.1. The van der Waals surface area contributed by atoms with Gasteiger partial charge in [0.25, 0.3) is 5.91 Å². The standard InChI is InChI=1S/C29H24BrClN2O5/c30-24-13-9-20(15-25(24)31)32-26(34)16-38-29(37)18-6-10-21(11-7-18)33-27(35)22-12-8-19(14-23(22)28(33)36)17-4-2-1-3-5-17/h1-7,9-11,13,15,19,22-23H,8,12,14,16H2,(H,32,34)/t19-,22-,23+/m1/s1. The molecule has 1 N–H and O–H groups in total. The fraction of sp³-hybridized carbons (Fsp3) is 0.241. The number of hydrogen-bond donors (Lipinski definition) is 1. The summed E-state index contributed by atoms with van der Waals surface area (Å²) < 4.78 is 5.81. The van der Waals surface area contributed by atoms with Crippen molar-refractivity contribution in [1.82, 2.24) is 0 Å². The third-order valence-corrected chi connectivity index (χ3v) is 8.33. The summed E-state index contributed by atoms with van der Waals surface area (Å²) in [4.78, 5) is 52.3. The maximum Gasteiger partial charge on any atom is 0.338 e. The lowest BCUT2D eigenvalue weighted by Gasteiger charge is -2.28. The molecule has 3 amide bonds. The lowest BCUT2D eigenvalue weighted by Crippen LogP contribution is -2.30. The predicted molar refractivity (Wildman–Crippen MR) is 147 cm³/mol. The zero-order valence-corrected chi connectivity index (χ0v) is 22.6. The summed E-state index contributed by atoms with van der Waals surface area (Å²) in [6, 6.07) is 21.1. The zero-order chi connectivity index (χ0) is 26.8. The number of fused-ring (bicyclic) bond motifs is 1. The fourth-order valence-corrected chi connectivity index (χ4v) is 5.62. The summed E-state index contributed by atoms with van der Waals surface area (Å²) in [5.74, 6) is -2.00. The van der Waals surface area contributed by atoms with Gasteiger partial charge in [-0.25, -0.2) is 4.79 Å². The highest BCUT2D eigenvalue weighted by Crippen LogP contribution is 2.45. The summed E-state index contributed by atoms with van der Waals surface area (Å²) in [6.07, 6.45) is 2.18. The van der Waals surface area contributed by atoms with E-state index in [9.17, 15) is 19.2 Å². The summed E-state index contributed by atoms with van der Waals surface area (Å²) in [7, 11) is 0. The van der Waals surface area contributed by atoms with Gasteiger partial charge in [0.15, 0.2) is 6.61 Å². The Balaban J connectivity index is 1.19. The third-order valence-electron chi connectivity index (χ3n) is 7.10. The van der Waals surface area contributed by atoms with Crippen LogP contribution in [0.5, 0.6) is 0 Å². The first-order valence-corrected chi connectivity index (χ1v) is 13.4. The molecule has 3 atom stereocenters. The van der Waals surface area contributed by atoms with Crippen molar-refractivity contribution in [3.05, 3.63) is 93.4 Å². The summed E-state index contributed by atoms with van der Waals surface area (Å²) >= 11 is 9.30. The highest BCUT2D eigenvalue weighted by Gasteiger charge is 2.50. The molecule has 3 aromatic carbocycles. The average molecular weight is 596 g/mol. The molecular formula is C29H24BrClN2O5. The highest BCUT2D eigenvalue weighted by atomic mass is 79.9. The molecule has 0 spiro atoms. The van der Waals surface area contributed by atoms with E-state index in [4.69, 9.17) is 16.3 Å². The quantitative estimate of drug-likeness (QED) is 0.280. The normalized spacial score (nSPS) is 20.7. The van der Waals surface area contributed by atoms with Crippen LogP contribution in [0.15, 0.2) is 77.3 Å². The number of carbonyl (C=O) groups excluding carboxylic acids is 4. The van der Waals surface area contributed by atoms with Crippen LogP contribution in [0.1, 0.15) is 41.1 Å². The van der Waals surface area contributed by atoms with Crippen molar-refractivity contribution in [2.24, 2.45) is 11.8 Å². The molecule has 38 heavy (non-hydrogen) atoms. The number of halogens is 2. The number of rotatable bonds is 6. The predicted octanol–water partition coefficient (Wildman–Crippen LogP) is 5.97. The second-order valence-corrected chi connectivity index (χ2v) is 10.7. The van der Waals surface area contributed by atoms with Crippen molar-refractivity contribution in [3.8, 4) is 0 Å². The number of amides is 3. The molecular weight excluding hydrogens is 572 g/mol. The van der Waals surface area contributed by atoms with Crippen molar-refractivity contribution < 1.29 is 23.9 Å². The molecule has 9 heteroatoms. The van der Waals surface area contributed by atoms with Gasteiger partial charge in [0.1, 0.15) is 0 Å². The molecule has 5 rings (SSSR count). The minimum Gasteiger partial charge on any atom is -0.452 e. The van der Waals surface area contributed by atoms with Crippen LogP contribution in [0.2, 0.25) is 5.02 Å². The average Bonchev–Trinajstić information content (AvgIpc) is 3.19. The molecule has 1 heterocycles. The highest BCUT2D eigenvalue weighted by molar-refractivity contribution is 9.10. The number of ether oxygens (including phenoxy) is 1. The molecule has 0 bridgehead atoms. The van der Waals surface area contributed by atoms with Crippen LogP contribution in [0.4, 0.5) is 11.4 Å². The SMILES string of the molecule is O=C(COC(=O)c1ccc(N2C(=O)[C@H]3C[C@H](c4ccccc4)CC[C@H]3C2=O)cc1)Nc1ccc(Br)c(Cl)c1. The van der Waals surface area contributed by atoms with Crippen LogP contribution in [-0.2, 0) is 19.1 Å². The molecule has 0 radical (unpaired) electrons. The van der Waals surface area contributed by atoms with Crippen molar-refractivity contribution in [3.63, 3.8) is 0 Å². The van der Waals surface area contributed by atoms with Crippen LogP contribution in [0, 0.1) is 11.8 Å². The van der Waals surface area contributed by atoms with Gasteiger partial charge in [-0.1, -0.05) is 41.9 Å². The smallest absolute Gasteiger partial charge is 0.338 e. The lowest BCUT2D eigenvalue weighted by atomic mass is 9.73. The van der Waals surface area contributed by atoms with Gasteiger partial charge in [0, 0.05) is 10.2 Å². The van der Waals surface area contributed by atoms with Gasteiger partial charge < -0.3 is 10.1 Å². The molecule has 7 nitrogen and oxygen atoms in total. The maximum absolute atomic E-state index is 13.3. The summed E-state index contributed by atoms with van der Waals surface area (Å²) in [5.41, 5.74) is 2.29. The molecule has 1 saturated heterocycles. The molecule has 3 aromatic rings. The Morgan fingerprint density at radius 3 is 2.37 bits per heavy atom. The van der Waals surface area contributed by atoms with Gasteiger partial charge in [-0.05, 0) is 89.1 Å². The Morgan fingerprint density at radius 2 is 1.66 bits per heavy atom. The fourth-order valence-electron chi connectivity index (χ4n) is 5.19. The Labute approximate surface area is 233 Å².